The number of nitrogens with zero attached hydrogens (tertiary/aromatic N) is 2. The van der Waals surface area contributed by atoms with Crippen molar-refractivity contribution >= 4 is 29.2 Å². The van der Waals surface area contributed by atoms with Gasteiger partial charge in [0.2, 0.25) is 0 Å². The molecule has 1 heterocycles. The zero-order valence-corrected chi connectivity index (χ0v) is 14.1. The van der Waals surface area contributed by atoms with Crippen molar-refractivity contribution in [3.05, 3.63) is 11.2 Å². The predicted molar refractivity (Wildman–Crippen MR) is 85.5 cm³/mol. The fourth-order valence-corrected chi connectivity index (χ4v) is 4.98. The molecule has 1 N–H and O–H groups in total. The Morgan fingerprint density at radius 3 is 2.70 bits per heavy atom. The van der Waals surface area contributed by atoms with Crippen LogP contribution in [0.15, 0.2) is 11.2 Å². The van der Waals surface area contributed by atoms with Gasteiger partial charge in [-0.05, 0) is 42.3 Å². The van der Waals surface area contributed by atoms with Crippen molar-refractivity contribution in [2.75, 3.05) is 11.6 Å². The second kappa shape index (κ2) is 4.77. The second-order valence-electron chi connectivity index (χ2n) is 7.06. The molecular weight excluding hydrogens is 290 g/mol. The third-order valence-electron chi connectivity index (χ3n) is 5.42. The molecule has 2 aliphatic carbocycles. The number of hydrogen-bond acceptors (Lipinski definition) is 4. The van der Waals surface area contributed by atoms with Gasteiger partial charge in [-0.25, -0.2) is 9.97 Å². The topological polar surface area (TPSA) is 37.8 Å². The molecule has 0 aromatic carbocycles. The molecule has 2 saturated carbocycles. The van der Waals surface area contributed by atoms with Crippen molar-refractivity contribution in [1.82, 2.24) is 9.97 Å². The summed E-state index contributed by atoms with van der Waals surface area (Å²) in [7, 11) is 0. The van der Waals surface area contributed by atoms with E-state index in [-0.39, 0.29) is 0 Å². The van der Waals surface area contributed by atoms with E-state index < -0.39 is 0 Å². The third kappa shape index (κ3) is 2.21. The zero-order chi connectivity index (χ0) is 14.5. The number of nitrogens with one attached hydrogen (secondary N) is 1. The number of aromatic nitrogens is 2. The summed E-state index contributed by atoms with van der Waals surface area (Å²) in [6.45, 7) is 7.19. The van der Waals surface area contributed by atoms with E-state index >= 15 is 0 Å². The molecule has 5 heteroatoms. The van der Waals surface area contributed by atoms with E-state index in [0.717, 1.165) is 16.9 Å². The van der Waals surface area contributed by atoms with Crippen molar-refractivity contribution in [2.45, 2.75) is 51.2 Å². The van der Waals surface area contributed by atoms with Crippen molar-refractivity contribution in [2.24, 2.45) is 16.7 Å². The molecule has 0 aliphatic heterocycles. The third-order valence-corrected chi connectivity index (χ3v) is 6.16. The maximum absolute atomic E-state index is 6.09. The summed E-state index contributed by atoms with van der Waals surface area (Å²) in [5, 5.41) is 4.91. The number of hydrogen-bond donors (Lipinski definition) is 1. The maximum atomic E-state index is 6.09. The summed E-state index contributed by atoms with van der Waals surface area (Å²) in [4.78, 5) is 8.76. The molecule has 20 heavy (non-hydrogen) atoms. The predicted octanol–water partition coefficient (Wildman–Crippen LogP) is 4.48. The van der Waals surface area contributed by atoms with Gasteiger partial charge in [0.15, 0.2) is 5.16 Å². The molecule has 0 amide bonds. The molecule has 3 nitrogen and oxygen atoms in total. The second-order valence-corrected chi connectivity index (χ2v) is 8.22. The number of thioether (sulfide) groups is 1. The van der Waals surface area contributed by atoms with Crippen LogP contribution in [0.1, 0.15) is 40.0 Å². The van der Waals surface area contributed by atoms with Crippen LogP contribution in [0.5, 0.6) is 0 Å². The van der Waals surface area contributed by atoms with Gasteiger partial charge in [0.1, 0.15) is 11.0 Å². The number of fused-ring (bicyclic) bond motifs is 2. The number of rotatable bonds is 3. The fourth-order valence-electron chi connectivity index (χ4n) is 4.37. The molecule has 3 atom stereocenters. The largest absolute Gasteiger partial charge is 0.366 e. The van der Waals surface area contributed by atoms with Gasteiger partial charge in [-0.1, -0.05) is 44.1 Å². The number of halogens is 1. The summed E-state index contributed by atoms with van der Waals surface area (Å²) >= 11 is 7.62. The molecule has 0 spiro atoms. The molecule has 1 aromatic heterocycles. The van der Waals surface area contributed by atoms with Crippen LogP contribution < -0.4 is 5.32 Å². The molecule has 2 aliphatic rings. The summed E-state index contributed by atoms with van der Waals surface area (Å²) in [6, 6.07) is 2.29. The van der Waals surface area contributed by atoms with Crippen LogP contribution in [0.3, 0.4) is 0 Å². The SMILES string of the molecule is CSc1nc(Cl)cc(NC2C3(C)CCC(C3)C2(C)C)n1. The Labute approximate surface area is 130 Å². The van der Waals surface area contributed by atoms with Crippen LogP contribution in [-0.2, 0) is 0 Å². The lowest BCUT2D eigenvalue weighted by Gasteiger charge is -2.43. The first-order chi connectivity index (χ1) is 9.35. The smallest absolute Gasteiger partial charge is 0.190 e. The molecule has 2 bridgehead atoms. The van der Waals surface area contributed by atoms with Crippen LogP contribution >= 0.6 is 23.4 Å². The van der Waals surface area contributed by atoms with E-state index in [1.165, 1.54) is 31.0 Å². The monoisotopic (exact) mass is 311 g/mol. The quantitative estimate of drug-likeness (QED) is 0.507. The van der Waals surface area contributed by atoms with Gasteiger partial charge in [-0.2, -0.15) is 0 Å². The van der Waals surface area contributed by atoms with E-state index in [4.69, 9.17) is 11.6 Å². The van der Waals surface area contributed by atoms with E-state index in [0.29, 0.717) is 22.0 Å². The Morgan fingerprint density at radius 2 is 2.10 bits per heavy atom. The zero-order valence-electron chi connectivity index (χ0n) is 12.5. The van der Waals surface area contributed by atoms with Crippen molar-refractivity contribution in [1.29, 1.82) is 0 Å². The first kappa shape index (κ1) is 14.5. The van der Waals surface area contributed by atoms with Gasteiger partial charge in [0, 0.05) is 12.1 Å². The molecule has 2 fully saturated rings. The van der Waals surface area contributed by atoms with Crippen LogP contribution in [-0.4, -0.2) is 22.3 Å². The normalized spacial score (nSPS) is 34.5. The Bertz CT molecular complexity index is 529. The molecule has 0 saturated heterocycles. The first-order valence-corrected chi connectivity index (χ1v) is 8.80. The molecule has 0 radical (unpaired) electrons. The Morgan fingerprint density at radius 1 is 1.35 bits per heavy atom. The van der Waals surface area contributed by atoms with Crippen LogP contribution in [0.2, 0.25) is 5.15 Å². The average molecular weight is 312 g/mol. The molecule has 1 aromatic rings. The highest BCUT2D eigenvalue weighted by molar-refractivity contribution is 7.98. The van der Waals surface area contributed by atoms with E-state index in [1.807, 2.05) is 12.3 Å². The molecule has 110 valence electrons. The van der Waals surface area contributed by atoms with Crippen molar-refractivity contribution in [3.63, 3.8) is 0 Å². The molecule has 3 unspecified atom stereocenters. The summed E-state index contributed by atoms with van der Waals surface area (Å²) in [6.07, 6.45) is 5.97. The van der Waals surface area contributed by atoms with Crippen LogP contribution in [0.4, 0.5) is 5.82 Å². The highest BCUT2D eigenvalue weighted by atomic mass is 35.5. The first-order valence-electron chi connectivity index (χ1n) is 7.20. The Balaban J connectivity index is 1.89. The van der Waals surface area contributed by atoms with E-state index in [1.54, 1.807) is 0 Å². The lowest BCUT2D eigenvalue weighted by atomic mass is 9.68. The minimum atomic E-state index is 0.309. The number of anilines is 1. The van der Waals surface area contributed by atoms with Gasteiger partial charge < -0.3 is 5.32 Å². The Hall–Kier alpha value is -0.480. The highest BCUT2D eigenvalue weighted by Gasteiger charge is 2.59. The van der Waals surface area contributed by atoms with E-state index in [9.17, 15) is 0 Å². The van der Waals surface area contributed by atoms with Gasteiger partial charge in [-0.15, -0.1) is 0 Å². The molecular formula is C15H22ClN3S. The van der Waals surface area contributed by atoms with Gasteiger partial charge >= 0.3 is 0 Å². The highest BCUT2D eigenvalue weighted by Crippen LogP contribution is 2.63. The molecule has 3 rings (SSSR count). The summed E-state index contributed by atoms with van der Waals surface area (Å²) in [5.41, 5.74) is 0.690. The minimum Gasteiger partial charge on any atom is -0.366 e. The summed E-state index contributed by atoms with van der Waals surface area (Å²) < 4.78 is 0. The lowest BCUT2D eigenvalue weighted by molar-refractivity contribution is 0.155. The standard InChI is InChI=1S/C15H22ClN3S/c1-14(2)9-5-6-15(3,8-9)12(14)18-11-7-10(16)17-13(19-11)20-4/h7,9,12H,5-6,8H2,1-4H3,(H,17,18,19). The van der Waals surface area contributed by atoms with Crippen molar-refractivity contribution < 1.29 is 0 Å². The maximum Gasteiger partial charge on any atom is 0.190 e. The Kier molecular flexibility index (Phi) is 3.45. The van der Waals surface area contributed by atoms with Crippen LogP contribution in [0, 0.1) is 16.7 Å². The van der Waals surface area contributed by atoms with Crippen molar-refractivity contribution in [3.8, 4) is 0 Å². The van der Waals surface area contributed by atoms with E-state index in [2.05, 4.69) is 36.1 Å². The minimum absolute atomic E-state index is 0.309. The van der Waals surface area contributed by atoms with Gasteiger partial charge in [-0.3, -0.25) is 0 Å². The average Bonchev–Trinajstić information content (AvgIpc) is 2.85. The summed E-state index contributed by atoms with van der Waals surface area (Å²) in [5.74, 6) is 1.68. The fraction of sp³-hybridized carbons (Fsp3) is 0.733. The van der Waals surface area contributed by atoms with Crippen LogP contribution in [0.25, 0.3) is 0 Å². The van der Waals surface area contributed by atoms with Gasteiger partial charge in [0.25, 0.3) is 0 Å². The lowest BCUT2D eigenvalue weighted by Crippen LogP contribution is -2.46. The van der Waals surface area contributed by atoms with Gasteiger partial charge in [0.05, 0.1) is 0 Å².